The molecule has 1 aliphatic heterocycles. The number of thioether (sulfide) groups is 1. The number of hydrogen-bond donors (Lipinski definition) is 2. The molecule has 2 N–H and O–H groups in total. The van der Waals surface area contributed by atoms with Crippen molar-refractivity contribution in [3.63, 3.8) is 0 Å². The Balaban J connectivity index is 1.92. The van der Waals surface area contributed by atoms with Crippen LogP contribution < -0.4 is 10.6 Å². The number of fused-ring (bicyclic) bond motifs is 1. The molecule has 1 aromatic rings. The van der Waals surface area contributed by atoms with Crippen LogP contribution in [-0.4, -0.2) is 28.4 Å². The Hall–Kier alpha value is -1.76. The second kappa shape index (κ2) is 5.55. The number of carbonyl (C=O) groups is 1. The van der Waals surface area contributed by atoms with Crippen LogP contribution in [0.5, 0.6) is 0 Å². The third-order valence-electron chi connectivity index (χ3n) is 4.14. The van der Waals surface area contributed by atoms with Gasteiger partial charge in [-0.2, -0.15) is 11.8 Å². The number of rotatable bonds is 4. The van der Waals surface area contributed by atoms with E-state index in [1.54, 1.807) is 17.8 Å². The molecule has 0 aromatic heterocycles. The Bertz CT molecular complexity index is 605. The number of benzene rings is 1. The number of anilines is 2. The molecule has 2 aliphatic rings. The highest BCUT2D eigenvalue weighted by atomic mass is 32.2. The van der Waals surface area contributed by atoms with Crippen molar-refractivity contribution in [2.45, 2.75) is 37.0 Å². The van der Waals surface area contributed by atoms with E-state index in [0.717, 1.165) is 19.3 Å². The van der Waals surface area contributed by atoms with Gasteiger partial charge in [-0.05, 0) is 30.7 Å². The largest absolute Gasteiger partial charge is 0.376 e. The first-order valence-corrected chi connectivity index (χ1v) is 8.28. The summed E-state index contributed by atoms with van der Waals surface area (Å²) in [5.74, 6) is -0.112. The number of amides is 1. The van der Waals surface area contributed by atoms with Gasteiger partial charge in [0.2, 0.25) is 5.91 Å². The van der Waals surface area contributed by atoms with Crippen LogP contribution in [0.15, 0.2) is 12.1 Å². The van der Waals surface area contributed by atoms with E-state index in [2.05, 4.69) is 16.9 Å². The van der Waals surface area contributed by atoms with E-state index in [9.17, 15) is 14.9 Å². The summed E-state index contributed by atoms with van der Waals surface area (Å²) >= 11 is 1.80. The summed E-state index contributed by atoms with van der Waals surface area (Å²) in [5.41, 5.74) is 1.95. The Morgan fingerprint density at radius 2 is 2.24 bits per heavy atom. The molecule has 1 aliphatic carbocycles. The molecule has 1 fully saturated rings. The third kappa shape index (κ3) is 2.70. The SMILES string of the molecule is CSC1CCCC1Nc1cc2c(cc1[N+](=O)[O-])CC(=O)N2. The topological polar surface area (TPSA) is 84.3 Å². The summed E-state index contributed by atoms with van der Waals surface area (Å²) in [6.45, 7) is 0. The van der Waals surface area contributed by atoms with Crippen LogP contribution in [0.25, 0.3) is 0 Å². The molecule has 0 saturated heterocycles. The molecule has 1 amide bonds. The zero-order valence-corrected chi connectivity index (χ0v) is 12.5. The van der Waals surface area contributed by atoms with Gasteiger partial charge >= 0.3 is 0 Å². The summed E-state index contributed by atoms with van der Waals surface area (Å²) in [5, 5.41) is 17.8. The number of nitrogens with zero attached hydrogens (tertiary/aromatic N) is 1. The molecule has 1 saturated carbocycles. The van der Waals surface area contributed by atoms with E-state index in [4.69, 9.17) is 0 Å². The van der Waals surface area contributed by atoms with Crippen LogP contribution in [0.2, 0.25) is 0 Å². The normalized spacial score (nSPS) is 23.8. The lowest BCUT2D eigenvalue weighted by Gasteiger charge is -2.20. The standard InChI is InChI=1S/C14H17N3O3S/c1-21-13-4-2-3-9(13)15-11-7-10-8(6-14(18)16-10)5-12(11)17(19)20/h5,7,9,13,15H,2-4,6H2,1H3,(H,16,18). The predicted molar refractivity (Wildman–Crippen MR) is 84.0 cm³/mol. The van der Waals surface area contributed by atoms with E-state index in [1.807, 2.05) is 0 Å². The molecule has 2 atom stereocenters. The highest BCUT2D eigenvalue weighted by molar-refractivity contribution is 7.99. The molecule has 7 heteroatoms. The maximum atomic E-state index is 11.4. The Kier molecular flexibility index (Phi) is 3.75. The lowest BCUT2D eigenvalue weighted by molar-refractivity contribution is -0.384. The molecule has 0 radical (unpaired) electrons. The monoisotopic (exact) mass is 307 g/mol. The van der Waals surface area contributed by atoms with Gasteiger partial charge in [-0.15, -0.1) is 0 Å². The van der Waals surface area contributed by atoms with Gasteiger partial charge in [-0.3, -0.25) is 14.9 Å². The van der Waals surface area contributed by atoms with E-state index in [0.29, 0.717) is 22.2 Å². The van der Waals surface area contributed by atoms with E-state index in [-0.39, 0.29) is 29.0 Å². The van der Waals surface area contributed by atoms with Gasteiger partial charge in [0.1, 0.15) is 5.69 Å². The fraction of sp³-hybridized carbons (Fsp3) is 0.500. The highest BCUT2D eigenvalue weighted by Crippen LogP contribution is 2.37. The van der Waals surface area contributed by atoms with E-state index < -0.39 is 0 Å². The van der Waals surface area contributed by atoms with Crippen molar-refractivity contribution >= 4 is 34.7 Å². The molecular weight excluding hydrogens is 290 g/mol. The van der Waals surface area contributed by atoms with Gasteiger partial charge in [-0.1, -0.05) is 6.42 Å². The minimum absolute atomic E-state index is 0.0528. The minimum Gasteiger partial charge on any atom is -0.376 e. The van der Waals surface area contributed by atoms with Crippen LogP contribution in [0, 0.1) is 10.1 Å². The first kappa shape index (κ1) is 14.2. The lowest BCUT2D eigenvalue weighted by Crippen LogP contribution is -2.26. The average molecular weight is 307 g/mol. The number of nitrogens with one attached hydrogen (secondary N) is 2. The van der Waals surface area contributed by atoms with Crippen molar-refractivity contribution in [3.05, 3.63) is 27.8 Å². The quantitative estimate of drug-likeness (QED) is 0.660. The summed E-state index contributed by atoms with van der Waals surface area (Å²) in [7, 11) is 0. The fourth-order valence-electron chi connectivity index (χ4n) is 3.10. The van der Waals surface area contributed by atoms with Gasteiger partial charge in [0.25, 0.3) is 5.69 Å². The molecule has 0 spiro atoms. The number of nitro benzene ring substituents is 1. The Morgan fingerprint density at radius 1 is 1.43 bits per heavy atom. The van der Waals surface area contributed by atoms with E-state index in [1.165, 1.54) is 6.07 Å². The molecule has 1 aromatic carbocycles. The second-order valence-corrected chi connectivity index (χ2v) is 6.54. The molecule has 0 bridgehead atoms. The van der Waals surface area contributed by atoms with Crippen molar-refractivity contribution in [1.82, 2.24) is 0 Å². The molecule has 1 heterocycles. The zero-order chi connectivity index (χ0) is 15.0. The molecule has 112 valence electrons. The van der Waals surface area contributed by atoms with E-state index >= 15 is 0 Å². The number of hydrogen-bond acceptors (Lipinski definition) is 5. The number of nitro groups is 1. The maximum absolute atomic E-state index is 11.4. The first-order valence-electron chi connectivity index (χ1n) is 6.99. The summed E-state index contributed by atoms with van der Waals surface area (Å²) in [4.78, 5) is 22.3. The van der Waals surface area contributed by atoms with Crippen LogP contribution in [0.4, 0.5) is 17.1 Å². The second-order valence-electron chi connectivity index (χ2n) is 5.46. The molecular formula is C14H17N3O3S. The third-order valence-corrected chi connectivity index (χ3v) is 5.31. The summed E-state index contributed by atoms with van der Waals surface area (Å²) in [6.07, 6.45) is 5.58. The number of carbonyl (C=O) groups excluding carboxylic acids is 1. The van der Waals surface area contributed by atoms with Gasteiger partial charge < -0.3 is 10.6 Å². The average Bonchev–Trinajstić information content (AvgIpc) is 3.02. The van der Waals surface area contributed by atoms with Crippen molar-refractivity contribution in [2.24, 2.45) is 0 Å². The Morgan fingerprint density at radius 3 is 2.95 bits per heavy atom. The molecule has 6 nitrogen and oxygen atoms in total. The summed E-state index contributed by atoms with van der Waals surface area (Å²) < 4.78 is 0. The predicted octanol–water partition coefficient (Wildman–Crippen LogP) is 2.79. The van der Waals surface area contributed by atoms with Crippen molar-refractivity contribution in [1.29, 1.82) is 0 Å². The van der Waals surface area contributed by atoms with Gasteiger partial charge in [0.05, 0.1) is 11.3 Å². The smallest absolute Gasteiger partial charge is 0.292 e. The van der Waals surface area contributed by atoms with Crippen molar-refractivity contribution < 1.29 is 9.72 Å². The van der Waals surface area contributed by atoms with Crippen LogP contribution in [0.1, 0.15) is 24.8 Å². The molecule has 2 unspecified atom stereocenters. The van der Waals surface area contributed by atoms with Gasteiger partial charge in [-0.25, -0.2) is 0 Å². The maximum Gasteiger partial charge on any atom is 0.292 e. The van der Waals surface area contributed by atoms with Crippen molar-refractivity contribution in [2.75, 3.05) is 16.9 Å². The van der Waals surface area contributed by atoms with Gasteiger partial charge in [0.15, 0.2) is 0 Å². The zero-order valence-electron chi connectivity index (χ0n) is 11.7. The van der Waals surface area contributed by atoms with Crippen LogP contribution >= 0.6 is 11.8 Å². The summed E-state index contributed by atoms with van der Waals surface area (Å²) in [6, 6.07) is 3.46. The molecule has 3 rings (SSSR count). The van der Waals surface area contributed by atoms with Crippen LogP contribution in [0.3, 0.4) is 0 Å². The Labute approximate surface area is 126 Å². The van der Waals surface area contributed by atoms with Crippen molar-refractivity contribution in [3.8, 4) is 0 Å². The molecule has 21 heavy (non-hydrogen) atoms. The first-order chi connectivity index (χ1) is 10.1. The van der Waals surface area contributed by atoms with Gasteiger partial charge in [0, 0.05) is 23.0 Å². The lowest BCUT2D eigenvalue weighted by atomic mass is 10.1. The van der Waals surface area contributed by atoms with Crippen LogP contribution in [-0.2, 0) is 11.2 Å². The fourth-order valence-corrected chi connectivity index (χ4v) is 4.04. The highest BCUT2D eigenvalue weighted by Gasteiger charge is 2.30. The minimum atomic E-state index is -0.380.